The second-order valence-electron chi connectivity index (χ2n) is 7.91. The van der Waals surface area contributed by atoms with E-state index in [-0.39, 0.29) is 12.8 Å². The maximum absolute atomic E-state index is 12.1. The molecule has 0 aliphatic heterocycles. The maximum Gasteiger partial charge on any atom is 0.337 e. The average Bonchev–Trinajstić information content (AvgIpc) is 3.20. The number of ether oxygens (including phenoxy) is 4. The molecule has 1 fully saturated rings. The molecule has 31 heavy (non-hydrogen) atoms. The summed E-state index contributed by atoms with van der Waals surface area (Å²) in [6.07, 6.45) is 6.05. The molecule has 1 N–H and O–H groups in total. The molecule has 0 atom stereocenters. The van der Waals surface area contributed by atoms with Crippen LogP contribution in [0.4, 0.5) is 0 Å². The van der Waals surface area contributed by atoms with E-state index in [0.29, 0.717) is 17.2 Å². The zero-order chi connectivity index (χ0) is 21.8. The van der Waals surface area contributed by atoms with Crippen LogP contribution in [-0.4, -0.2) is 39.1 Å². The Labute approximate surface area is 182 Å². The number of carbonyl (C=O) groups excluding carboxylic acids is 1. The largest absolute Gasteiger partial charge is 0.497 e. The molecule has 0 amide bonds. The summed E-state index contributed by atoms with van der Waals surface area (Å²) < 4.78 is 21.4. The van der Waals surface area contributed by atoms with Crippen LogP contribution in [0.15, 0.2) is 36.4 Å². The molecule has 1 heterocycles. The van der Waals surface area contributed by atoms with Crippen molar-refractivity contribution in [1.29, 1.82) is 0 Å². The van der Waals surface area contributed by atoms with E-state index < -0.39 is 0 Å². The van der Waals surface area contributed by atoms with E-state index >= 15 is 0 Å². The Balaban J connectivity index is 1.90. The van der Waals surface area contributed by atoms with Gasteiger partial charge in [0.2, 0.25) is 0 Å². The standard InChI is InChI=1S/C25H29NO5/c1-28-15-31-22-14-18(29-2)10-12-20(22)24-23(16-7-5-4-6-8-16)19-11-9-17(25(27)30-3)13-21(19)26-24/h9-14,16,26H,4-8,15H2,1-3H3. The fourth-order valence-corrected chi connectivity index (χ4v) is 4.57. The zero-order valence-electron chi connectivity index (χ0n) is 18.3. The Morgan fingerprint density at radius 2 is 1.84 bits per heavy atom. The number of fused-ring (bicyclic) bond motifs is 1. The summed E-state index contributed by atoms with van der Waals surface area (Å²) in [5, 5.41) is 1.14. The highest BCUT2D eigenvalue weighted by molar-refractivity contribution is 5.98. The Bertz CT molecular complexity index is 1070. The Kier molecular flexibility index (Phi) is 6.47. The van der Waals surface area contributed by atoms with Gasteiger partial charge in [0.15, 0.2) is 6.79 Å². The van der Waals surface area contributed by atoms with Crippen LogP contribution in [0.5, 0.6) is 11.5 Å². The molecule has 0 saturated heterocycles. The molecule has 1 aliphatic carbocycles. The van der Waals surface area contributed by atoms with Gasteiger partial charge in [-0.1, -0.05) is 25.3 Å². The minimum Gasteiger partial charge on any atom is -0.497 e. The van der Waals surface area contributed by atoms with Crippen molar-refractivity contribution in [3.05, 3.63) is 47.5 Å². The summed E-state index contributed by atoms with van der Waals surface area (Å²) >= 11 is 0. The Morgan fingerprint density at radius 3 is 2.55 bits per heavy atom. The first-order valence-corrected chi connectivity index (χ1v) is 10.7. The third-order valence-electron chi connectivity index (χ3n) is 6.06. The van der Waals surface area contributed by atoms with Gasteiger partial charge in [0.1, 0.15) is 11.5 Å². The van der Waals surface area contributed by atoms with E-state index in [9.17, 15) is 4.79 Å². The fourth-order valence-electron chi connectivity index (χ4n) is 4.57. The van der Waals surface area contributed by atoms with Crippen molar-refractivity contribution in [3.8, 4) is 22.8 Å². The van der Waals surface area contributed by atoms with Crippen LogP contribution in [0.3, 0.4) is 0 Å². The van der Waals surface area contributed by atoms with Gasteiger partial charge in [0, 0.05) is 29.6 Å². The quantitative estimate of drug-likeness (QED) is 0.392. The predicted molar refractivity (Wildman–Crippen MR) is 120 cm³/mol. The van der Waals surface area contributed by atoms with Gasteiger partial charge in [-0.05, 0) is 48.6 Å². The number of H-pyrrole nitrogens is 1. The first kappa shape index (κ1) is 21.2. The number of hydrogen-bond donors (Lipinski definition) is 1. The highest BCUT2D eigenvalue weighted by Crippen LogP contribution is 2.45. The normalized spacial score (nSPS) is 14.5. The third-order valence-corrected chi connectivity index (χ3v) is 6.06. The lowest BCUT2D eigenvalue weighted by molar-refractivity contribution is 0.0513. The fraction of sp³-hybridized carbons (Fsp3) is 0.400. The van der Waals surface area contributed by atoms with Crippen molar-refractivity contribution in [1.82, 2.24) is 4.98 Å². The lowest BCUT2D eigenvalue weighted by atomic mass is 9.81. The van der Waals surface area contributed by atoms with E-state index in [1.54, 1.807) is 14.2 Å². The van der Waals surface area contributed by atoms with Gasteiger partial charge in [0.05, 0.1) is 25.5 Å². The average molecular weight is 424 g/mol. The first-order chi connectivity index (χ1) is 15.2. The summed E-state index contributed by atoms with van der Waals surface area (Å²) in [6.45, 7) is 0.144. The molecule has 3 aromatic rings. The van der Waals surface area contributed by atoms with Crippen molar-refractivity contribution >= 4 is 16.9 Å². The molecule has 1 aliphatic rings. The summed E-state index contributed by atoms with van der Waals surface area (Å²) in [5.74, 6) is 1.53. The van der Waals surface area contributed by atoms with Crippen LogP contribution >= 0.6 is 0 Å². The number of nitrogens with one attached hydrogen (secondary N) is 1. The summed E-state index contributed by atoms with van der Waals surface area (Å²) in [7, 11) is 4.64. The number of esters is 1. The molecular formula is C25H29NO5. The topological polar surface area (TPSA) is 69.8 Å². The van der Waals surface area contributed by atoms with Crippen LogP contribution < -0.4 is 9.47 Å². The van der Waals surface area contributed by atoms with Gasteiger partial charge in [-0.15, -0.1) is 0 Å². The molecular weight excluding hydrogens is 394 g/mol. The molecule has 164 valence electrons. The highest BCUT2D eigenvalue weighted by atomic mass is 16.7. The minimum absolute atomic E-state index is 0.144. The molecule has 6 nitrogen and oxygen atoms in total. The molecule has 0 spiro atoms. The molecule has 0 radical (unpaired) electrons. The first-order valence-electron chi connectivity index (χ1n) is 10.7. The monoisotopic (exact) mass is 423 g/mol. The van der Waals surface area contributed by atoms with E-state index in [0.717, 1.165) is 40.8 Å². The van der Waals surface area contributed by atoms with Crippen molar-refractivity contribution in [2.45, 2.75) is 38.0 Å². The smallest absolute Gasteiger partial charge is 0.337 e. The lowest BCUT2D eigenvalue weighted by Gasteiger charge is -2.23. The van der Waals surface area contributed by atoms with Gasteiger partial charge in [-0.25, -0.2) is 4.79 Å². The molecule has 6 heteroatoms. The number of aromatic nitrogens is 1. The summed E-state index contributed by atoms with van der Waals surface area (Å²) in [5.41, 5.74) is 4.72. The highest BCUT2D eigenvalue weighted by Gasteiger charge is 2.26. The zero-order valence-corrected chi connectivity index (χ0v) is 18.3. The number of aromatic amines is 1. The second-order valence-corrected chi connectivity index (χ2v) is 7.91. The molecule has 4 rings (SSSR count). The van der Waals surface area contributed by atoms with Crippen molar-refractivity contribution in [2.24, 2.45) is 0 Å². The lowest BCUT2D eigenvalue weighted by Crippen LogP contribution is -2.06. The Hall–Kier alpha value is -2.99. The number of carbonyl (C=O) groups is 1. The number of benzene rings is 2. The van der Waals surface area contributed by atoms with Gasteiger partial charge >= 0.3 is 5.97 Å². The number of rotatable bonds is 7. The molecule has 2 aromatic carbocycles. The number of methoxy groups -OCH3 is 3. The van der Waals surface area contributed by atoms with Crippen LogP contribution in [-0.2, 0) is 9.47 Å². The third kappa shape index (κ3) is 4.26. The van der Waals surface area contributed by atoms with Crippen molar-refractivity contribution in [2.75, 3.05) is 28.1 Å². The van der Waals surface area contributed by atoms with Crippen LogP contribution in [0.25, 0.3) is 22.2 Å². The van der Waals surface area contributed by atoms with Gasteiger partial charge in [-0.3, -0.25) is 0 Å². The van der Waals surface area contributed by atoms with Gasteiger partial charge < -0.3 is 23.9 Å². The van der Waals surface area contributed by atoms with Crippen molar-refractivity contribution in [3.63, 3.8) is 0 Å². The van der Waals surface area contributed by atoms with Crippen molar-refractivity contribution < 1.29 is 23.7 Å². The predicted octanol–water partition coefficient (Wildman–Crippen LogP) is 5.66. The van der Waals surface area contributed by atoms with Crippen LogP contribution in [0.2, 0.25) is 0 Å². The Morgan fingerprint density at radius 1 is 1.03 bits per heavy atom. The molecule has 1 saturated carbocycles. The van der Waals surface area contributed by atoms with Gasteiger partial charge in [0.25, 0.3) is 0 Å². The molecule has 0 bridgehead atoms. The van der Waals surface area contributed by atoms with E-state index in [4.69, 9.17) is 18.9 Å². The van der Waals surface area contributed by atoms with Crippen LogP contribution in [0, 0.1) is 0 Å². The van der Waals surface area contributed by atoms with Crippen LogP contribution in [0.1, 0.15) is 53.9 Å². The van der Waals surface area contributed by atoms with E-state index in [2.05, 4.69) is 4.98 Å². The second kappa shape index (κ2) is 9.43. The molecule has 1 aromatic heterocycles. The van der Waals surface area contributed by atoms with E-state index in [1.165, 1.54) is 31.9 Å². The summed E-state index contributed by atoms with van der Waals surface area (Å²) in [6, 6.07) is 11.6. The summed E-state index contributed by atoms with van der Waals surface area (Å²) in [4.78, 5) is 15.7. The SMILES string of the molecule is COCOc1cc(OC)ccc1-c1[nH]c2cc(C(=O)OC)ccc2c1C1CCCCC1. The maximum atomic E-state index is 12.1. The van der Waals surface area contributed by atoms with Gasteiger partial charge in [-0.2, -0.15) is 0 Å². The minimum atomic E-state index is -0.342. The molecule has 0 unspecified atom stereocenters. The van der Waals surface area contributed by atoms with E-state index in [1.807, 2.05) is 36.4 Å². The number of hydrogen-bond acceptors (Lipinski definition) is 5.